The van der Waals surface area contributed by atoms with Crippen molar-refractivity contribution in [2.24, 2.45) is 0 Å². The number of ether oxygens (including phenoxy) is 12. The SMILES string of the molecule is O[C@@H]1[C@H](O)CO[C@@]23CO[C@]4(CO2)OC[C@@H](O)[C@@H](O)[C@@H]4OCc2ccccc2CO[C@H]2[C@H](O)[C@H](O)CO[C@]24CO[C@]2(CO4)OC[C@@H](O)[C@@H](O)[C@@H]2OCc2ccccc2CO[C@@H]13. The molecule has 4 bridgehead atoms. The summed E-state index contributed by atoms with van der Waals surface area (Å²) in [6, 6.07) is 14.0. The predicted octanol–water partition coefficient (Wildman–Crippen LogP) is -3.17. The van der Waals surface area contributed by atoms with Gasteiger partial charge in [-0.3, -0.25) is 0 Å². The van der Waals surface area contributed by atoms with E-state index in [0.717, 1.165) is 0 Å². The predicted molar refractivity (Wildman–Crippen MR) is 194 cm³/mol. The van der Waals surface area contributed by atoms with Crippen LogP contribution in [0.5, 0.6) is 0 Å². The van der Waals surface area contributed by atoms with E-state index in [4.69, 9.17) is 56.8 Å². The van der Waals surface area contributed by atoms with Gasteiger partial charge in [0.05, 0.1) is 52.9 Å². The van der Waals surface area contributed by atoms with Crippen LogP contribution >= 0.6 is 0 Å². The topological polar surface area (TPSA) is 273 Å². The molecule has 332 valence electrons. The molecule has 10 heterocycles. The van der Waals surface area contributed by atoms with Crippen molar-refractivity contribution in [1.82, 2.24) is 0 Å². The third-order valence-corrected chi connectivity index (χ3v) is 12.5. The summed E-state index contributed by atoms with van der Waals surface area (Å²) in [5.41, 5.74) is 2.31. The summed E-state index contributed by atoms with van der Waals surface area (Å²) in [5.74, 6) is -7.05. The van der Waals surface area contributed by atoms with Crippen molar-refractivity contribution in [3.63, 3.8) is 0 Å². The van der Waals surface area contributed by atoms with Crippen LogP contribution in [-0.4, -0.2) is 190 Å². The van der Waals surface area contributed by atoms with Gasteiger partial charge in [-0.15, -0.1) is 0 Å². The van der Waals surface area contributed by atoms with Crippen LogP contribution in [0, 0.1) is 0 Å². The molecule has 20 heteroatoms. The van der Waals surface area contributed by atoms with Crippen molar-refractivity contribution in [3.05, 3.63) is 70.8 Å². The second-order valence-electron chi connectivity index (χ2n) is 16.3. The van der Waals surface area contributed by atoms with Gasteiger partial charge < -0.3 is 97.7 Å². The number of aliphatic hydroxyl groups is 8. The van der Waals surface area contributed by atoms with Gasteiger partial charge in [-0.1, -0.05) is 48.5 Å². The van der Waals surface area contributed by atoms with Gasteiger partial charge in [-0.2, -0.15) is 0 Å². The molecule has 10 aliphatic heterocycles. The van der Waals surface area contributed by atoms with Gasteiger partial charge in [0.2, 0.25) is 23.1 Å². The molecule has 2 aromatic carbocycles. The highest BCUT2D eigenvalue weighted by molar-refractivity contribution is 5.27. The van der Waals surface area contributed by atoms with Crippen LogP contribution in [0.4, 0.5) is 0 Å². The van der Waals surface area contributed by atoms with Crippen LogP contribution in [0.25, 0.3) is 0 Å². The average molecular weight is 853 g/mol. The van der Waals surface area contributed by atoms with Gasteiger partial charge in [0.15, 0.2) is 0 Å². The third-order valence-electron chi connectivity index (χ3n) is 12.5. The molecule has 20 nitrogen and oxygen atoms in total. The fraction of sp³-hybridized carbons (Fsp3) is 0.700. The van der Waals surface area contributed by atoms with Crippen LogP contribution in [-0.2, 0) is 83.3 Å². The Labute approximate surface area is 343 Å². The minimum Gasteiger partial charge on any atom is -0.388 e. The maximum Gasteiger partial charge on any atom is 0.222 e. The Morgan fingerprint density at radius 2 is 0.550 bits per heavy atom. The molecule has 12 rings (SSSR count). The van der Waals surface area contributed by atoms with Crippen LogP contribution in [0.1, 0.15) is 22.3 Å². The Morgan fingerprint density at radius 1 is 0.333 bits per heavy atom. The molecule has 60 heavy (non-hydrogen) atoms. The zero-order valence-corrected chi connectivity index (χ0v) is 32.5. The van der Waals surface area contributed by atoms with Gasteiger partial charge in [-0.05, 0) is 22.3 Å². The Morgan fingerprint density at radius 3 is 0.750 bits per heavy atom. The van der Waals surface area contributed by atoms with E-state index in [0.29, 0.717) is 22.3 Å². The zero-order chi connectivity index (χ0) is 41.9. The van der Waals surface area contributed by atoms with E-state index >= 15 is 0 Å². The van der Waals surface area contributed by atoms with Gasteiger partial charge >= 0.3 is 0 Å². The summed E-state index contributed by atoms with van der Waals surface area (Å²) in [5, 5.41) is 88.0. The zero-order valence-electron chi connectivity index (χ0n) is 32.5. The molecular weight excluding hydrogens is 800 g/mol. The molecule has 0 unspecified atom stereocenters. The van der Waals surface area contributed by atoms with Gasteiger partial charge in [0.25, 0.3) is 0 Å². The molecule has 4 spiro atoms. The van der Waals surface area contributed by atoms with E-state index in [9.17, 15) is 40.9 Å². The number of aliphatic hydroxyl groups excluding tert-OH is 8. The number of benzene rings is 2. The van der Waals surface area contributed by atoms with Crippen LogP contribution < -0.4 is 0 Å². The van der Waals surface area contributed by atoms with Crippen molar-refractivity contribution >= 4 is 0 Å². The molecule has 2 aromatic rings. The standard InChI is InChI=1S/C40H52O20/c41-25-13-53-37-17-58-39(19-57-37)35(31(47)27(43)15-55-39)51-11-23-7-3-4-8-24(23)12-52-36-32(48)28(44)16-56-40(36)20-59-38(18-60-40)34(30(46)26(42)14-54-38)50-10-22-6-2-1-5-21(22)9-49-33(37)29(25)45/h1-8,25-36,41-48H,9-20H2/t25-,26-,27-,28-,29-,30-,31-,32-,33+,34+,35+,36+,37+,38+,39+,40+/m1/s1. The minimum absolute atomic E-state index is 0.160. The molecule has 0 amide bonds. The molecule has 0 saturated carbocycles. The lowest BCUT2D eigenvalue weighted by Crippen LogP contribution is -2.73. The molecule has 6 fully saturated rings. The summed E-state index contributed by atoms with van der Waals surface area (Å²) in [7, 11) is 0. The fourth-order valence-corrected chi connectivity index (χ4v) is 8.82. The quantitative estimate of drug-likeness (QED) is 0.130. The van der Waals surface area contributed by atoms with Crippen LogP contribution in [0.15, 0.2) is 48.5 Å². The Bertz CT molecular complexity index is 1530. The second-order valence-corrected chi connectivity index (χ2v) is 16.3. The van der Waals surface area contributed by atoms with E-state index in [1.807, 2.05) is 0 Å². The highest BCUT2D eigenvalue weighted by Crippen LogP contribution is 2.44. The van der Waals surface area contributed by atoms with Crippen LogP contribution in [0.3, 0.4) is 0 Å². The highest BCUT2D eigenvalue weighted by atomic mass is 16.8. The van der Waals surface area contributed by atoms with E-state index < -0.39 is 123 Å². The second kappa shape index (κ2) is 17.0. The first-order valence-corrected chi connectivity index (χ1v) is 20.0. The van der Waals surface area contributed by atoms with Crippen molar-refractivity contribution in [2.75, 3.05) is 52.9 Å². The smallest absolute Gasteiger partial charge is 0.222 e. The lowest BCUT2D eigenvalue weighted by molar-refractivity contribution is -0.457. The molecule has 8 N–H and O–H groups in total. The molecule has 0 aromatic heterocycles. The maximum atomic E-state index is 11.3. The Kier molecular flexibility index (Phi) is 12.1. The molecule has 0 aliphatic carbocycles. The lowest BCUT2D eigenvalue weighted by atomic mass is 9.92. The molecule has 10 aliphatic rings. The molecule has 6 saturated heterocycles. The summed E-state index contributed by atoms with van der Waals surface area (Å²) in [4.78, 5) is 0. The summed E-state index contributed by atoms with van der Waals surface area (Å²) in [6.07, 6.45) is -16.6. The average Bonchev–Trinajstić information content (AvgIpc) is 3.26. The number of hydrogen-bond acceptors (Lipinski definition) is 20. The third kappa shape index (κ3) is 7.62. The van der Waals surface area contributed by atoms with Crippen molar-refractivity contribution in [3.8, 4) is 0 Å². The lowest BCUT2D eigenvalue weighted by Gasteiger charge is -2.55. The van der Waals surface area contributed by atoms with E-state index in [1.165, 1.54) is 0 Å². The summed E-state index contributed by atoms with van der Waals surface area (Å²) < 4.78 is 74.6. The van der Waals surface area contributed by atoms with Crippen molar-refractivity contribution in [2.45, 2.75) is 123 Å². The van der Waals surface area contributed by atoms with E-state index in [1.54, 1.807) is 48.5 Å². The molecule has 16 atom stereocenters. The Balaban J connectivity index is 1.06. The summed E-state index contributed by atoms with van der Waals surface area (Å²) >= 11 is 0. The largest absolute Gasteiger partial charge is 0.388 e. The first-order chi connectivity index (χ1) is 28.9. The van der Waals surface area contributed by atoms with E-state index in [-0.39, 0.29) is 52.9 Å². The fourth-order valence-electron chi connectivity index (χ4n) is 8.82. The molecular formula is C40H52O20. The van der Waals surface area contributed by atoms with Gasteiger partial charge in [0, 0.05) is 0 Å². The van der Waals surface area contributed by atoms with Crippen molar-refractivity contribution in [1.29, 1.82) is 0 Å². The maximum absolute atomic E-state index is 11.3. The molecule has 0 radical (unpaired) electrons. The van der Waals surface area contributed by atoms with Crippen molar-refractivity contribution < 1.29 is 97.7 Å². The number of hydrogen-bond donors (Lipinski definition) is 8. The van der Waals surface area contributed by atoms with Crippen LogP contribution in [0.2, 0.25) is 0 Å². The first kappa shape index (κ1) is 42.9. The van der Waals surface area contributed by atoms with E-state index in [2.05, 4.69) is 0 Å². The number of rotatable bonds is 0. The normalized spacial score (nSPS) is 46.7. The monoisotopic (exact) mass is 852 g/mol. The minimum atomic E-state index is -1.76. The Hall–Kier alpha value is -2.36. The van der Waals surface area contributed by atoms with Gasteiger partial charge in [0.1, 0.15) is 99.7 Å². The summed E-state index contributed by atoms with van der Waals surface area (Å²) in [6.45, 7) is -3.57. The highest BCUT2D eigenvalue weighted by Gasteiger charge is 2.64. The van der Waals surface area contributed by atoms with Gasteiger partial charge in [-0.25, -0.2) is 0 Å². The first-order valence-electron chi connectivity index (χ1n) is 20.0.